The van der Waals surface area contributed by atoms with Crippen LogP contribution in [-0.2, 0) is 5.75 Å². The van der Waals surface area contributed by atoms with E-state index < -0.39 is 0 Å². The van der Waals surface area contributed by atoms with Gasteiger partial charge in [0.05, 0.1) is 10.0 Å². The van der Waals surface area contributed by atoms with Crippen LogP contribution in [0.25, 0.3) is 0 Å². The standard InChI is InChI=1S/C11H7Cl3N2OS/c12-7-1-2-8(13)10(14)6(7)5-18-11-15-4-3-9(17)16-11/h1-4H,5H2,(H,15,16,17). The summed E-state index contributed by atoms with van der Waals surface area (Å²) in [7, 11) is 0. The number of rotatable bonds is 3. The summed E-state index contributed by atoms with van der Waals surface area (Å²) < 4.78 is 0. The van der Waals surface area contributed by atoms with E-state index in [1.807, 2.05) is 0 Å². The number of nitrogens with zero attached hydrogens (tertiary/aromatic N) is 1. The zero-order valence-electron chi connectivity index (χ0n) is 8.91. The van der Waals surface area contributed by atoms with E-state index in [0.717, 1.165) is 5.56 Å². The minimum atomic E-state index is -0.198. The molecule has 7 heteroatoms. The van der Waals surface area contributed by atoms with Gasteiger partial charge in [-0.15, -0.1) is 0 Å². The molecular weight excluding hydrogens is 315 g/mol. The maximum atomic E-state index is 11.1. The molecule has 0 aliphatic carbocycles. The number of aromatic nitrogens is 2. The fraction of sp³-hybridized carbons (Fsp3) is 0.0909. The average Bonchev–Trinajstić information content (AvgIpc) is 2.34. The van der Waals surface area contributed by atoms with Crippen LogP contribution in [0.15, 0.2) is 34.3 Å². The van der Waals surface area contributed by atoms with E-state index in [0.29, 0.717) is 26.0 Å². The van der Waals surface area contributed by atoms with Crippen LogP contribution in [0.5, 0.6) is 0 Å². The Hall–Kier alpha value is -0.680. The highest BCUT2D eigenvalue weighted by Gasteiger charge is 2.10. The Labute approximate surface area is 122 Å². The molecule has 0 radical (unpaired) electrons. The molecule has 2 aromatic rings. The summed E-state index contributed by atoms with van der Waals surface area (Å²) in [5.74, 6) is 0.477. The molecule has 0 fully saturated rings. The summed E-state index contributed by atoms with van der Waals surface area (Å²) in [5, 5.41) is 1.92. The van der Waals surface area contributed by atoms with Gasteiger partial charge in [0.15, 0.2) is 5.16 Å². The number of halogens is 3. The molecule has 94 valence electrons. The van der Waals surface area contributed by atoms with Crippen molar-refractivity contribution in [3.63, 3.8) is 0 Å². The fourth-order valence-corrected chi connectivity index (χ4v) is 3.00. The fourth-order valence-electron chi connectivity index (χ4n) is 1.27. The van der Waals surface area contributed by atoms with Crippen molar-refractivity contribution >= 4 is 46.6 Å². The Balaban J connectivity index is 2.21. The lowest BCUT2D eigenvalue weighted by Crippen LogP contribution is -2.05. The summed E-state index contributed by atoms with van der Waals surface area (Å²) in [6, 6.07) is 4.68. The normalized spacial score (nSPS) is 10.6. The zero-order valence-corrected chi connectivity index (χ0v) is 12.0. The summed E-state index contributed by atoms with van der Waals surface area (Å²) >= 11 is 19.4. The summed E-state index contributed by atoms with van der Waals surface area (Å²) in [4.78, 5) is 17.7. The van der Waals surface area contributed by atoms with E-state index in [-0.39, 0.29) is 5.56 Å². The van der Waals surface area contributed by atoms with Gasteiger partial charge in [0, 0.05) is 28.6 Å². The lowest BCUT2D eigenvalue weighted by atomic mass is 10.2. The first kappa shape index (κ1) is 13.7. The van der Waals surface area contributed by atoms with Gasteiger partial charge in [-0.3, -0.25) is 4.79 Å². The number of benzene rings is 1. The van der Waals surface area contributed by atoms with Crippen molar-refractivity contribution in [2.45, 2.75) is 10.9 Å². The van der Waals surface area contributed by atoms with Crippen molar-refractivity contribution in [2.24, 2.45) is 0 Å². The quantitative estimate of drug-likeness (QED) is 0.527. The van der Waals surface area contributed by atoms with Crippen molar-refractivity contribution in [3.8, 4) is 0 Å². The summed E-state index contributed by atoms with van der Waals surface area (Å²) in [6.07, 6.45) is 1.45. The first-order valence-corrected chi connectivity index (χ1v) is 7.00. The molecule has 0 aliphatic heterocycles. The highest BCUT2D eigenvalue weighted by molar-refractivity contribution is 7.98. The van der Waals surface area contributed by atoms with Crippen LogP contribution in [0.2, 0.25) is 15.1 Å². The Morgan fingerprint density at radius 1 is 1.17 bits per heavy atom. The molecule has 0 saturated heterocycles. The van der Waals surface area contributed by atoms with Gasteiger partial charge < -0.3 is 4.98 Å². The second-order valence-corrected chi connectivity index (χ2v) is 5.51. The predicted octanol–water partition coefficient (Wildman–Crippen LogP) is 4.02. The second kappa shape index (κ2) is 5.97. The first-order chi connectivity index (χ1) is 8.58. The molecule has 0 bridgehead atoms. The topological polar surface area (TPSA) is 45.8 Å². The van der Waals surface area contributed by atoms with E-state index in [2.05, 4.69) is 9.97 Å². The molecule has 3 nitrogen and oxygen atoms in total. The molecule has 0 saturated carbocycles. The third-order valence-electron chi connectivity index (χ3n) is 2.14. The van der Waals surface area contributed by atoms with E-state index in [1.165, 1.54) is 24.0 Å². The minimum Gasteiger partial charge on any atom is -0.301 e. The molecule has 1 heterocycles. The van der Waals surface area contributed by atoms with Gasteiger partial charge in [0.25, 0.3) is 5.56 Å². The van der Waals surface area contributed by atoms with Gasteiger partial charge in [-0.2, -0.15) is 0 Å². The van der Waals surface area contributed by atoms with Crippen molar-refractivity contribution in [3.05, 3.63) is 55.4 Å². The molecule has 1 aromatic carbocycles. The third-order valence-corrected chi connectivity index (χ3v) is 4.25. The van der Waals surface area contributed by atoms with Gasteiger partial charge >= 0.3 is 0 Å². The number of H-pyrrole nitrogens is 1. The molecular formula is C11H7Cl3N2OS. The highest BCUT2D eigenvalue weighted by Crippen LogP contribution is 2.34. The van der Waals surface area contributed by atoms with Crippen molar-refractivity contribution in [1.82, 2.24) is 9.97 Å². The van der Waals surface area contributed by atoms with E-state index in [4.69, 9.17) is 34.8 Å². The number of aromatic amines is 1. The van der Waals surface area contributed by atoms with Crippen LogP contribution >= 0.6 is 46.6 Å². The lowest BCUT2D eigenvalue weighted by molar-refractivity contribution is 0.936. The van der Waals surface area contributed by atoms with Crippen LogP contribution in [-0.4, -0.2) is 9.97 Å². The SMILES string of the molecule is O=c1ccnc(SCc2c(Cl)ccc(Cl)c2Cl)[nH]1. The van der Waals surface area contributed by atoms with Crippen LogP contribution in [0.1, 0.15) is 5.56 Å². The highest BCUT2D eigenvalue weighted by atomic mass is 35.5. The number of thioether (sulfide) groups is 1. The molecule has 0 unspecified atom stereocenters. The largest absolute Gasteiger partial charge is 0.301 e. The van der Waals surface area contributed by atoms with Crippen molar-refractivity contribution < 1.29 is 0 Å². The van der Waals surface area contributed by atoms with Crippen LogP contribution < -0.4 is 5.56 Å². The predicted molar refractivity (Wildman–Crippen MR) is 75.9 cm³/mol. The molecule has 0 amide bonds. The molecule has 1 N–H and O–H groups in total. The lowest BCUT2D eigenvalue weighted by Gasteiger charge is -2.07. The number of hydrogen-bond acceptors (Lipinski definition) is 3. The molecule has 0 atom stereocenters. The van der Waals surface area contributed by atoms with Crippen LogP contribution in [0, 0.1) is 0 Å². The van der Waals surface area contributed by atoms with Gasteiger partial charge in [0.2, 0.25) is 0 Å². The summed E-state index contributed by atoms with van der Waals surface area (Å²) in [6.45, 7) is 0. The third kappa shape index (κ3) is 3.20. The number of hydrogen-bond donors (Lipinski definition) is 1. The first-order valence-electron chi connectivity index (χ1n) is 4.88. The van der Waals surface area contributed by atoms with Gasteiger partial charge in [-0.05, 0) is 12.1 Å². The molecule has 0 aliphatic rings. The van der Waals surface area contributed by atoms with Crippen LogP contribution in [0.4, 0.5) is 0 Å². The van der Waals surface area contributed by atoms with E-state index in [1.54, 1.807) is 12.1 Å². The van der Waals surface area contributed by atoms with Crippen molar-refractivity contribution in [2.75, 3.05) is 0 Å². The molecule has 0 spiro atoms. The average molecular weight is 322 g/mol. The number of nitrogens with one attached hydrogen (secondary N) is 1. The van der Waals surface area contributed by atoms with Gasteiger partial charge in [-0.25, -0.2) is 4.98 Å². The maximum absolute atomic E-state index is 11.1. The van der Waals surface area contributed by atoms with Gasteiger partial charge in [-0.1, -0.05) is 46.6 Å². The zero-order chi connectivity index (χ0) is 13.1. The molecule has 2 rings (SSSR count). The smallest absolute Gasteiger partial charge is 0.251 e. The summed E-state index contributed by atoms with van der Waals surface area (Å²) in [5.41, 5.74) is 0.526. The van der Waals surface area contributed by atoms with Gasteiger partial charge in [0.1, 0.15) is 0 Å². The Bertz CT molecular complexity index is 630. The van der Waals surface area contributed by atoms with E-state index >= 15 is 0 Å². The second-order valence-electron chi connectivity index (χ2n) is 3.35. The molecule has 1 aromatic heterocycles. The Morgan fingerprint density at radius 3 is 2.61 bits per heavy atom. The maximum Gasteiger partial charge on any atom is 0.251 e. The molecule has 18 heavy (non-hydrogen) atoms. The Morgan fingerprint density at radius 2 is 1.89 bits per heavy atom. The minimum absolute atomic E-state index is 0.198. The van der Waals surface area contributed by atoms with E-state index in [9.17, 15) is 4.79 Å². The Kier molecular flexibility index (Phi) is 4.56. The van der Waals surface area contributed by atoms with Crippen LogP contribution in [0.3, 0.4) is 0 Å². The monoisotopic (exact) mass is 320 g/mol. The van der Waals surface area contributed by atoms with Crippen molar-refractivity contribution in [1.29, 1.82) is 0 Å².